The van der Waals surface area contributed by atoms with Gasteiger partial charge in [-0.2, -0.15) is 0 Å². The smallest absolute Gasteiger partial charge is 0.238 e. The van der Waals surface area contributed by atoms with Crippen LogP contribution in [0.2, 0.25) is 0 Å². The van der Waals surface area contributed by atoms with E-state index < -0.39 is 5.82 Å². The highest BCUT2D eigenvalue weighted by atomic mass is 79.9. The summed E-state index contributed by atoms with van der Waals surface area (Å²) in [7, 11) is 0. The summed E-state index contributed by atoms with van der Waals surface area (Å²) in [5, 5.41) is 2.60. The van der Waals surface area contributed by atoms with Gasteiger partial charge in [0.05, 0.1) is 12.2 Å². The second-order valence-electron chi connectivity index (χ2n) is 5.34. The van der Waals surface area contributed by atoms with Crippen LogP contribution >= 0.6 is 15.9 Å². The van der Waals surface area contributed by atoms with Gasteiger partial charge in [-0.25, -0.2) is 4.39 Å². The highest BCUT2D eigenvalue weighted by Gasteiger charge is 2.24. The van der Waals surface area contributed by atoms with Crippen molar-refractivity contribution in [2.45, 2.75) is 19.4 Å². The number of carbonyl (C=O) groups excluding carboxylic acids is 1. The van der Waals surface area contributed by atoms with Crippen molar-refractivity contribution in [3.05, 3.63) is 28.5 Å². The van der Waals surface area contributed by atoms with Gasteiger partial charge in [0.15, 0.2) is 0 Å². The largest absolute Gasteiger partial charge is 0.327 e. The van der Waals surface area contributed by atoms with E-state index in [1.54, 1.807) is 12.1 Å². The first-order valence-corrected chi connectivity index (χ1v) is 7.48. The lowest BCUT2D eigenvalue weighted by atomic mass is 9.95. The summed E-state index contributed by atoms with van der Waals surface area (Å²) in [6, 6.07) is 4.78. The van der Waals surface area contributed by atoms with Crippen LogP contribution in [0.3, 0.4) is 0 Å². The van der Waals surface area contributed by atoms with Crippen molar-refractivity contribution in [1.82, 2.24) is 4.90 Å². The number of benzene rings is 1. The summed E-state index contributed by atoms with van der Waals surface area (Å²) in [5.74, 6) is -0.267. The fourth-order valence-electron chi connectivity index (χ4n) is 2.38. The predicted molar refractivity (Wildman–Crippen MR) is 80.9 cm³/mol. The Kier molecular flexibility index (Phi) is 5.12. The molecule has 4 nitrogen and oxygen atoms in total. The van der Waals surface area contributed by atoms with Crippen molar-refractivity contribution >= 4 is 27.5 Å². The van der Waals surface area contributed by atoms with Crippen LogP contribution in [0, 0.1) is 11.7 Å². The first kappa shape index (κ1) is 15.4. The van der Waals surface area contributed by atoms with Crippen LogP contribution in [0.15, 0.2) is 22.7 Å². The van der Waals surface area contributed by atoms with Gasteiger partial charge in [-0.15, -0.1) is 0 Å². The summed E-state index contributed by atoms with van der Waals surface area (Å²) >= 11 is 3.18. The van der Waals surface area contributed by atoms with Crippen molar-refractivity contribution < 1.29 is 9.18 Å². The van der Waals surface area contributed by atoms with Gasteiger partial charge in [0.2, 0.25) is 5.91 Å². The molecule has 1 aliphatic heterocycles. The fourth-order valence-corrected chi connectivity index (χ4v) is 2.71. The Morgan fingerprint density at radius 3 is 3.00 bits per heavy atom. The molecule has 1 saturated heterocycles. The van der Waals surface area contributed by atoms with Crippen LogP contribution < -0.4 is 11.1 Å². The monoisotopic (exact) mass is 343 g/mol. The van der Waals surface area contributed by atoms with Gasteiger partial charge < -0.3 is 11.1 Å². The van der Waals surface area contributed by atoms with Gasteiger partial charge in [0.1, 0.15) is 5.82 Å². The molecule has 0 saturated carbocycles. The van der Waals surface area contributed by atoms with E-state index in [9.17, 15) is 9.18 Å². The molecule has 0 aliphatic carbocycles. The third-order valence-corrected chi connectivity index (χ3v) is 4.12. The number of rotatable bonds is 3. The molecular formula is C14H19BrFN3O. The SMILES string of the molecule is CC1CN(CC(=O)Nc2ccc(Br)cc2F)CCC1N. The number of nitrogens with zero attached hydrogens (tertiary/aromatic N) is 1. The molecule has 2 atom stereocenters. The molecule has 0 spiro atoms. The van der Waals surface area contributed by atoms with E-state index in [1.165, 1.54) is 6.07 Å². The van der Waals surface area contributed by atoms with E-state index in [1.807, 2.05) is 0 Å². The average Bonchev–Trinajstić information content (AvgIpc) is 2.37. The Balaban J connectivity index is 1.89. The molecule has 2 unspecified atom stereocenters. The minimum atomic E-state index is -0.443. The topological polar surface area (TPSA) is 58.4 Å². The summed E-state index contributed by atoms with van der Waals surface area (Å²) in [4.78, 5) is 14.0. The van der Waals surface area contributed by atoms with Gasteiger partial charge in [0, 0.05) is 23.6 Å². The van der Waals surface area contributed by atoms with Crippen LogP contribution in [0.25, 0.3) is 0 Å². The summed E-state index contributed by atoms with van der Waals surface area (Å²) in [6.07, 6.45) is 0.890. The fraction of sp³-hybridized carbons (Fsp3) is 0.500. The number of nitrogens with one attached hydrogen (secondary N) is 1. The van der Waals surface area contributed by atoms with Gasteiger partial charge in [-0.3, -0.25) is 9.69 Å². The molecule has 6 heteroatoms. The second kappa shape index (κ2) is 6.65. The molecule has 1 amide bonds. The van der Waals surface area contributed by atoms with Crippen molar-refractivity contribution in [1.29, 1.82) is 0 Å². The molecule has 0 bridgehead atoms. The zero-order chi connectivity index (χ0) is 14.7. The van der Waals surface area contributed by atoms with Crippen LogP contribution in [-0.4, -0.2) is 36.5 Å². The number of hydrogen-bond donors (Lipinski definition) is 2. The maximum atomic E-state index is 13.6. The first-order chi connectivity index (χ1) is 9.45. The Bertz CT molecular complexity index is 497. The van der Waals surface area contributed by atoms with E-state index in [4.69, 9.17) is 5.73 Å². The molecule has 110 valence electrons. The Morgan fingerprint density at radius 2 is 2.35 bits per heavy atom. The van der Waals surface area contributed by atoms with Crippen LogP contribution in [0.1, 0.15) is 13.3 Å². The van der Waals surface area contributed by atoms with Crippen molar-refractivity contribution in [3.63, 3.8) is 0 Å². The Hall–Kier alpha value is -0.980. The third kappa shape index (κ3) is 4.01. The molecule has 1 aromatic rings. The lowest BCUT2D eigenvalue weighted by molar-refractivity contribution is -0.117. The van der Waals surface area contributed by atoms with Crippen molar-refractivity contribution in [2.24, 2.45) is 11.7 Å². The van der Waals surface area contributed by atoms with Crippen molar-refractivity contribution in [2.75, 3.05) is 25.0 Å². The van der Waals surface area contributed by atoms with Gasteiger partial charge >= 0.3 is 0 Å². The number of nitrogens with two attached hydrogens (primary N) is 1. The number of carbonyl (C=O) groups is 1. The molecule has 0 aromatic heterocycles. The molecule has 20 heavy (non-hydrogen) atoms. The normalized spacial score (nSPS) is 23.6. The summed E-state index contributed by atoms with van der Waals surface area (Å²) < 4.78 is 14.3. The van der Waals surface area contributed by atoms with E-state index in [0.29, 0.717) is 10.4 Å². The van der Waals surface area contributed by atoms with E-state index in [-0.39, 0.29) is 24.2 Å². The third-order valence-electron chi connectivity index (χ3n) is 3.63. The minimum Gasteiger partial charge on any atom is -0.327 e. The quantitative estimate of drug-likeness (QED) is 0.884. The van der Waals surface area contributed by atoms with Gasteiger partial charge in [-0.1, -0.05) is 22.9 Å². The lowest BCUT2D eigenvalue weighted by Crippen LogP contribution is -2.48. The second-order valence-corrected chi connectivity index (χ2v) is 6.25. The lowest BCUT2D eigenvalue weighted by Gasteiger charge is -2.34. The number of hydrogen-bond acceptors (Lipinski definition) is 3. The zero-order valence-electron chi connectivity index (χ0n) is 11.4. The standard InChI is InChI=1S/C14H19BrFN3O/c1-9-7-19(5-4-12(9)17)8-14(20)18-13-3-2-10(15)6-11(13)16/h2-3,6,9,12H,4-5,7-8,17H2,1H3,(H,18,20). The van der Waals surface area contributed by atoms with Crippen molar-refractivity contribution in [3.8, 4) is 0 Å². The van der Waals surface area contributed by atoms with Gasteiger partial charge in [0.25, 0.3) is 0 Å². The first-order valence-electron chi connectivity index (χ1n) is 6.68. The Morgan fingerprint density at radius 1 is 1.60 bits per heavy atom. The van der Waals surface area contributed by atoms with E-state index in [2.05, 4.69) is 33.1 Å². The molecule has 2 rings (SSSR count). The number of amides is 1. The van der Waals surface area contributed by atoms with Gasteiger partial charge in [-0.05, 0) is 30.5 Å². The number of piperidine rings is 1. The highest BCUT2D eigenvalue weighted by molar-refractivity contribution is 9.10. The highest BCUT2D eigenvalue weighted by Crippen LogP contribution is 2.19. The summed E-state index contributed by atoms with van der Waals surface area (Å²) in [5.41, 5.74) is 6.16. The summed E-state index contributed by atoms with van der Waals surface area (Å²) in [6.45, 7) is 3.97. The van der Waals surface area contributed by atoms with Crippen LogP contribution in [-0.2, 0) is 4.79 Å². The molecule has 1 aromatic carbocycles. The maximum Gasteiger partial charge on any atom is 0.238 e. The molecule has 3 N–H and O–H groups in total. The molecule has 0 radical (unpaired) electrons. The number of anilines is 1. The van der Waals surface area contributed by atoms with E-state index >= 15 is 0 Å². The van der Waals surface area contributed by atoms with Crippen LogP contribution in [0.5, 0.6) is 0 Å². The van der Waals surface area contributed by atoms with Crippen LogP contribution in [0.4, 0.5) is 10.1 Å². The number of likely N-dealkylation sites (tertiary alicyclic amines) is 1. The van der Waals surface area contributed by atoms with E-state index in [0.717, 1.165) is 19.5 Å². The maximum absolute atomic E-state index is 13.6. The predicted octanol–water partition coefficient (Wildman–Crippen LogP) is 2.20. The average molecular weight is 344 g/mol. The molecule has 1 heterocycles. The zero-order valence-corrected chi connectivity index (χ0v) is 13.0. The minimum absolute atomic E-state index is 0.200. The Labute approximate surface area is 126 Å². The molecule has 1 aliphatic rings. The molecular weight excluding hydrogens is 325 g/mol. The molecule has 1 fully saturated rings. The number of halogens is 2.